The number of para-hydroxylation sites is 1. The first-order valence-corrected chi connectivity index (χ1v) is 5.30. The molecule has 0 amide bonds. The van der Waals surface area contributed by atoms with Gasteiger partial charge in [-0.15, -0.1) is 0 Å². The average Bonchev–Trinajstić information content (AvgIpc) is 2.37. The van der Waals surface area contributed by atoms with E-state index >= 15 is 0 Å². The Balaban J connectivity index is 2.07. The standard InChI is InChI=1S/C14H13FO2/c1-16-14-8-3-2-5-11(14)10-17-13-7-4-6-12(15)9-13/h2-9H,10H2,1H3. The average molecular weight is 232 g/mol. The monoisotopic (exact) mass is 232 g/mol. The van der Waals surface area contributed by atoms with Crippen molar-refractivity contribution in [2.45, 2.75) is 6.61 Å². The maximum atomic E-state index is 12.9. The van der Waals surface area contributed by atoms with E-state index in [0.717, 1.165) is 11.3 Å². The molecule has 0 N–H and O–H groups in total. The van der Waals surface area contributed by atoms with Gasteiger partial charge in [-0.1, -0.05) is 24.3 Å². The van der Waals surface area contributed by atoms with Gasteiger partial charge in [0.25, 0.3) is 0 Å². The lowest BCUT2D eigenvalue weighted by molar-refractivity contribution is 0.295. The van der Waals surface area contributed by atoms with Crippen molar-refractivity contribution in [3.05, 3.63) is 59.9 Å². The van der Waals surface area contributed by atoms with E-state index in [4.69, 9.17) is 9.47 Å². The molecule has 88 valence electrons. The van der Waals surface area contributed by atoms with Gasteiger partial charge in [-0.25, -0.2) is 4.39 Å². The summed E-state index contributed by atoms with van der Waals surface area (Å²) in [4.78, 5) is 0. The van der Waals surface area contributed by atoms with Gasteiger partial charge in [-0.2, -0.15) is 0 Å². The number of hydrogen-bond acceptors (Lipinski definition) is 2. The first-order valence-electron chi connectivity index (χ1n) is 5.30. The Morgan fingerprint density at radius 3 is 2.65 bits per heavy atom. The van der Waals surface area contributed by atoms with Crippen LogP contribution in [0.3, 0.4) is 0 Å². The molecule has 0 saturated heterocycles. The molecule has 2 nitrogen and oxygen atoms in total. The van der Waals surface area contributed by atoms with Gasteiger partial charge >= 0.3 is 0 Å². The largest absolute Gasteiger partial charge is 0.496 e. The van der Waals surface area contributed by atoms with Crippen LogP contribution in [-0.4, -0.2) is 7.11 Å². The van der Waals surface area contributed by atoms with Gasteiger partial charge < -0.3 is 9.47 Å². The van der Waals surface area contributed by atoms with Crippen LogP contribution < -0.4 is 9.47 Å². The van der Waals surface area contributed by atoms with E-state index < -0.39 is 0 Å². The minimum atomic E-state index is -0.303. The summed E-state index contributed by atoms with van der Waals surface area (Å²) in [7, 11) is 1.61. The minimum absolute atomic E-state index is 0.303. The number of halogens is 1. The molecule has 2 aromatic rings. The second kappa shape index (κ2) is 5.34. The normalized spacial score (nSPS) is 10.0. The highest BCUT2D eigenvalue weighted by Crippen LogP contribution is 2.20. The Morgan fingerprint density at radius 1 is 1.06 bits per heavy atom. The summed E-state index contributed by atoms with van der Waals surface area (Å²) >= 11 is 0. The van der Waals surface area contributed by atoms with Crippen LogP contribution in [-0.2, 0) is 6.61 Å². The molecule has 3 heteroatoms. The van der Waals surface area contributed by atoms with Crippen molar-refractivity contribution < 1.29 is 13.9 Å². The summed E-state index contributed by atoms with van der Waals surface area (Å²) in [5.41, 5.74) is 0.930. The predicted octanol–water partition coefficient (Wildman–Crippen LogP) is 3.41. The fourth-order valence-corrected chi connectivity index (χ4v) is 1.54. The third-order valence-electron chi connectivity index (χ3n) is 2.38. The molecule has 0 radical (unpaired) electrons. The molecule has 0 fully saturated rings. The Bertz CT molecular complexity index is 497. The maximum Gasteiger partial charge on any atom is 0.126 e. The zero-order valence-electron chi connectivity index (χ0n) is 9.52. The molecule has 0 bridgehead atoms. The van der Waals surface area contributed by atoms with Crippen molar-refractivity contribution in [1.82, 2.24) is 0 Å². The molecule has 0 aliphatic heterocycles. The Morgan fingerprint density at radius 2 is 1.88 bits per heavy atom. The molecule has 0 spiro atoms. The highest BCUT2D eigenvalue weighted by atomic mass is 19.1. The van der Waals surface area contributed by atoms with Crippen LogP contribution in [0.2, 0.25) is 0 Å². The van der Waals surface area contributed by atoms with Crippen LogP contribution in [0.1, 0.15) is 5.56 Å². The second-order valence-corrected chi connectivity index (χ2v) is 3.56. The van der Waals surface area contributed by atoms with Crippen molar-refractivity contribution in [2.75, 3.05) is 7.11 Å². The highest BCUT2D eigenvalue weighted by molar-refractivity contribution is 5.33. The van der Waals surface area contributed by atoms with Gasteiger partial charge in [0.15, 0.2) is 0 Å². The van der Waals surface area contributed by atoms with Crippen molar-refractivity contribution in [1.29, 1.82) is 0 Å². The fraction of sp³-hybridized carbons (Fsp3) is 0.143. The van der Waals surface area contributed by atoms with Crippen LogP contribution in [0.15, 0.2) is 48.5 Å². The van der Waals surface area contributed by atoms with Crippen molar-refractivity contribution in [2.24, 2.45) is 0 Å². The lowest BCUT2D eigenvalue weighted by atomic mass is 10.2. The van der Waals surface area contributed by atoms with Gasteiger partial charge in [-0.05, 0) is 18.2 Å². The molecule has 0 aromatic heterocycles. The van der Waals surface area contributed by atoms with Crippen molar-refractivity contribution in [3.8, 4) is 11.5 Å². The van der Waals surface area contributed by atoms with Gasteiger partial charge in [-0.3, -0.25) is 0 Å². The zero-order chi connectivity index (χ0) is 12.1. The summed E-state index contributed by atoms with van der Waals surface area (Å²) in [6, 6.07) is 13.7. The number of ether oxygens (including phenoxy) is 2. The van der Waals surface area contributed by atoms with Crippen LogP contribution in [0.4, 0.5) is 4.39 Å². The molecule has 0 unspecified atom stereocenters. The topological polar surface area (TPSA) is 18.5 Å². The number of hydrogen-bond donors (Lipinski definition) is 0. The molecule has 2 rings (SSSR count). The number of benzene rings is 2. The summed E-state index contributed by atoms with van der Waals surface area (Å²) in [5, 5.41) is 0. The van der Waals surface area contributed by atoms with E-state index in [9.17, 15) is 4.39 Å². The van der Waals surface area contributed by atoms with Gasteiger partial charge in [0.1, 0.15) is 23.9 Å². The lowest BCUT2D eigenvalue weighted by Gasteiger charge is -2.09. The van der Waals surface area contributed by atoms with Gasteiger partial charge in [0, 0.05) is 11.6 Å². The van der Waals surface area contributed by atoms with E-state index in [-0.39, 0.29) is 5.82 Å². The molecular weight excluding hydrogens is 219 g/mol. The first kappa shape index (κ1) is 11.5. The summed E-state index contributed by atoms with van der Waals surface area (Å²) in [5.74, 6) is 0.974. The molecule has 0 aliphatic carbocycles. The van der Waals surface area contributed by atoms with Crippen LogP contribution in [0.25, 0.3) is 0 Å². The van der Waals surface area contributed by atoms with Crippen molar-refractivity contribution in [3.63, 3.8) is 0 Å². The summed E-state index contributed by atoms with van der Waals surface area (Å²) < 4.78 is 23.6. The van der Waals surface area contributed by atoms with Gasteiger partial charge in [0.2, 0.25) is 0 Å². The third kappa shape index (κ3) is 2.97. The molecule has 0 aliphatic rings. The zero-order valence-corrected chi connectivity index (χ0v) is 9.52. The smallest absolute Gasteiger partial charge is 0.126 e. The van der Waals surface area contributed by atoms with Crippen LogP contribution >= 0.6 is 0 Å². The molecule has 2 aromatic carbocycles. The lowest BCUT2D eigenvalue weighted by Crippen LogP contribution is -1.98. The molecule has 0 heterocycles. The quantitative estimate of drug-likeness (QED) is 0.804. The Labute approximate surface area is 99.6 Å². The highest BCUT2D eigenvalue weighted by Gasteiger charge is 2.02. The van der Waals surface area contributed by atoms with Crippen LogP contribution in [0.5, 0.6) is 11.5 Å². The Hall–Kier alpha value is -2.03. The molecular formula is C14H13FO2. The van der Waals surface area contributed by atoms with E-state index in [1.807, 2.05) is 24.3 Å². The third-order valence-corrected chi connectivity index (χ3v) is 2.38. The van der Waals surface area contributed by atoms with E-state index in [1.54, 1.807) is 19.2 Å². The van der Waals surface area contributed by atoms with Gasteiger partial charge in [0.05, 0.1) is 7.11 Å². The van der Waals surface area contributed by atoms with Crippen molar-refractivity contribution >= 4 is 0 Å². The summed E-state index contributed by atoms with van der Waals surface area (Å²) in [6.45, 7) is 0.355. The predicted molar refractivity (Wildman–Crippen MR) is 63.7 cm³/mol. The Kier molecular flexibility index (Phi) is 3.60. The van der Waals surface area contributed by atoms with E-state index in [1.165, 1.54) is 12.1 Å². The first-order chi connectivity index (χ1) is 8.29. The van der Waals surface area contributed by atoms with Crippen LogP contribution in [0, 0.1) is 5.82 Å². The van der Waals surface area contributed by atoms with E-state index in [2.05, 4.69) is 0 Å². The second-order valence-electron chi connectivity index (χ2n) is 3.56. The number of rotatable bonds is 4. The number of methoxy groups -OCH3 is 1. The molecule has 0 atom stereocenters. The molecule has 0 saturated carbocycles. The minimum Gasteiger partial charge on any atom is -0.496 e. The SMILES string of the molecule is COc1ccccc1COc1cccc(F)c1. The summed E-state index contributed by atoms with van der Waals surface area (Å²) in [6.07, 6.45) is 0. The molecule has 17 heavy (non-hydrogen) atoms. The fourth-order valence-electron chi connectivity index (χ4n) is 1.54. The maximum absolute atomic E-state index is 12.9. The van der Waals surface area contributed by atoms with E-state index in [0.29, 0.717) is 12.4 Å².